The van der Waals surface area contributed by atoms with Crippen molar-refractivity contribution < 1.29 is 9.90 Å². The summed E-state index contributed by atoms with van der Waals surface area (Å²) in [5.74, 6) is -0.178. The number of fused-ring (bicyclic) bond motifs is 1. The Labute approximate surface area is 159 Å². The molecular weight excluding hydrogens is 361 g/mol. The van der Waals surface area contributed by atoms with Crippen LogP contribution in [-0.2, 0) is 4.79 Å². The first-order valence-corrected chi connectivity index (χ1v) is 8.30. The van der Waals surface area contributed by atoms with Gasteiger partial charge in [-0.25, -0.2) is 4.98 Å². The van der Waals surface area contributed by atoms with Crippen molar-refractivity contribution in [1.29, 1.82) is 0 Å². The molecule has 1 heterocycles. The fraction of sp³-hybridized carbons (Fsp3) is 0.333. The summed E-state index contributed by atoms with van der Waals surface area (Å²) < 4.78 is 1.04. The second-order valence-corrected chi connectivity index (χ2v) is 6.60. The van der Waals surface area contributed by atoms with Crippen LogP contribution in [0.15, 0.2) is 39.8 Å². The average molecular weight is 378 g/mol. The van der Waals surface area contributed by atoms with Crippen molar-refractivity contribution in [3.63, 3.8) is 0 Å². The summed E-state index contributed by atoms with van der Waals surface area (Å²) in [5, 5.41) is 11.1. The molecular formula is C15H17BrNNaO2S. The van der Waals surface area contributed by atoms with E-state index in [1.54, 1.807) is 11.8 Å². The zero-order valence-corrected chi connectivity index (χ0v) is 13.6. The van der Waals surface area contributed by atoms with Crippen LogP contribution in [-0.4, -0.2) is 51.4 Å². The molecule has 0 spiro atoms. The molecule has 2 rings (SSSR count). The molecule has 0 aliphatic rings. The Hall–Kier alpha value is -0.0700. The summed E-state index contributed by atoms with van der Waals surface area (Å²) in [6.45, 7) is 1.91. The Kier molecular flexibility index (Phi) is 8.27. The van der Waals surface area contributed by atoms with E-state index in [0.717, 1.165) is 26.2 Å². The van der Waals surface area contributed by atoms with Gasteiger partial charge in [0.2, 0.25) is 0 Å². The molecule has 0 radical (unpaired) electrons. The van der Waals surface area contributed by atoms with Crippen LogP contribution in [0.25, 0.3) is 10.9 Å². The zero-order valence-electron chi connectivity index (χ0n) is 11.2. The average Bonchev–Trinajstić information content (AvgIpc) is 2.43. The second-order valence-electron chi connectivity index (χ2n) is 4.57. The third-order valence-electron chi connectivity index (χ3n) is 3.18. The molecule has 1 atom stereocenters. The predicted molar refractivity (Wildman–Crippen MR) is 93.3 cm³/mol. The molecule has 1 aromatic heterocycles. The molecule has 0 aliphatic heterocycles. The molecule has 0 amide bonds. The molecule has 2 aromatic rings. The van der Waals surface area contributed by atoms with Crippen LogP contribution in [0.5, 0.6) is 0 Å². The van der Waals surface area contributed by atoms with Crippen molar-refractivity contribution in [2.45, 2.75) is 24.8 Å². The van der Waals surface area contributed by atoms with E-state index in [9.17, 15) is 4.79 Å². The summed E-state index contributed by atoms with van der Waals surface area (Å²) in [6.07, 6.45) is 1.35. The van der Waals surface area contributed by atoms with Crippen LogP contribution in [0.3, 0.4) is 0 Å². The Morgan fingerprint density at radius 2 is 2.14 bits per heavy atom. The SMILES string of the molecule is CCC(CCSc1ccc2cc(Br)ccc2n1)C(=O)O.[NaH]. The predicted octanol–water partition coefficient (Wildman–Crippen LogP) is 3.94. The summed E-state index contributed by atoms with van der Waals surface area (Å²) in [4.78, 5) is 15.5. The van der Waals surface area contributed by atoms with E-state index >= 15 is 0 Å². The Morgan fingerprint density at radius 3 is 2.81 bits per heavy atom. The van der Waals surface area contributed by atoms with Crippen molar-refractivity contribution in [2.75, 3.05) is 5.75 Å². The molecule has 1 N–H and O–H groups in total. The van der Waals surface area contributed by atoms with Gasteiger partial charge in [0.05, 0.1) is 16.5 Å². The minimum absolute atomic E-state index is 0. The van der Waals surface area contributed by atoms with Gasteiger partial charge >= 0.3 is 35.5 Å². The first-order chi connectivity index (χ1) is 9.60. The minimum atomic E-state index is -0.704. The van der Waals surface area contributed by atoms with Gasteiger partial charge in [0, 0.05) is 15.6 Å². The van der Waals surface area contributed by atoms with Gasteiger partial charge in [-0.1, -0.05) is 28.9 Å². The number of carbonyl (C=O) groups is 1. The summed E-state index contributed by atoms with van der Waals surface area (Å²) in [5.41, 5.74) is 0.962. The van der Waals surface area contributed by atoms with Crippen LogP contribution < -0.4 is 0 Å². The number of aromatic nitrogens is 1. The molecule has 0 aliphatic carbocycles. The van der Waals surface area contributed by atoms with Crippen LogP contribution >= 0.6 is 27.7 Å². The molecule has 0 saturated heterocycles. The molecule has 0 bridgehead atoms. The van der Waals surface area contributed by atoms with Crippen molar-refractivity contribution in [3.05, 3.63) is 34.8 Å². The third-order valence-corrected chi connectivity index (χ3v) is 4.64. The van der Waals surface area contributed by atoms with E-state index in [2.05, 4.69) is 20.9 Å². The second kappa shape index (κ2) is 9.16. The number of thioether (sulfide) groups is 1. The fourth-order valence-electron chi connectivity index (χ4n) is 1.97. The molecule has 3 nitrogen and oxygen atoms in total. The summed E-state index contributed by atoms with van der Waals surface area (Å²) in [6, 6.07) is 10.0. The van der Waals surface area contributed by atoms with Crippen LogP contribution in [0.1, 0.15) is 19.8 Å². The van der Waals surface area contributed by atoms with Crippen molar-refractivity contribution in [2.24, 2.45) is 5.92 Å². The van der Waals surface area contributed by atoms with E-state index in [1.165, 1.54) is 0 Å². The summed E-state index contributed by atoms with van der Waals surface area (Å²) in [7, 11) is 0. The normalized spacial score (nSPS) is 11.9. The van der Waals surface area contributed by atoms with Crippen LogP contribution in [0.2, 0.25) is 0 Å². The van der Waals surface area contributed by atoms with E-state index in [4.69, 9.17) is 5.11 Å². The molecule has 1 aromatic carbocycles. The van der Waals surface area contributed by atoms with Crippen LogP contribution in [0.4, 0.5) is 0 Å². The Morgan fingerprint density at radius 1 is 1.38 bits per heavy atom. The number of rotatable bonds is 6. The molecule has 1 unspecified atom stereocenters. The first kappa shape index (κ1) is 19.0. The molecule has 21 heavy (non-hydrogen) atoms. The van der Waals surface area contributed by atoms with E-state index in [-0.39, 0.29) is 35.5 Å². The van der Waals surface area contributed by atoms with Gasteiger partial charge in [0.1, 0.15) is 0 Å². The Balaban J connectivity index is 0.00000220. The van der Waals surface area contributed by atoms with Gasteiger partial charge in [-0.2, -0.15) is 0 Å². The number of pyridine rings is 1. The number of nitrogens with zero attached hydrogens (tertiary/aromatic N) is 1. The number of halogens is 1. The van der Waals surface area contributed by atoms with Gasteiger partial charge in [-0.15, -0.1) is 11.8 Å². The quantitative estimate of drug-likeness (QED) is 0.611. The monoisotopic (exact) mass is 377 g/mol. The number of hydrogen-bond acceptors (Lipinski definition) is 3. The van der Waals surface area contributed by atoms with Gasteiger partial charge in [0.25, 0.3) is 0 Å². The first-order valence-electron chi connectivity index (χ1n) is 6.52. The number of benzene rings is 1. The van der Waals surface area contributed by atoms with E-state index in [1.807, 2.05) is 37.3 Å². The van der Waals surface area contributed by atoms with Crippen molar-refractivity contribution in [1.82, 2.24) is 4.98 Å². The number of carboxylic acid groups (broad SMARTS) is 1. The Bertz CT molecular complexity index is 624. The number of aliphatic carboxylic acids is 1. The van der Waals surface area contributed by atoms with Gasteiger partial charge in [0.15, 0.2) is 0 Å². The molecule has 6 heteroatoms. The molecule has 0 saturated carbocycles. The van der Waals surface area contributed by atoms with Crippen molar-refractivity contribution >= 4 is 74.1 Å². The summed E-state index contributed by atoms with van der Waals surface area (Å²) >= 11 is 5.06. The number of hydrogen-bond donors (Lipinski definition) is 1. The maximum absolute atomic E-state index is 11.0. The van der Waals surface area contributed by atoms with E-state index < -0.39 is 5.97 Å². The maximum atomic E-state index is 11.0. The molecule has 108 valence electrons. The van der Waals surface area contributed by atoms with Gasteiger partial charge in [-0.05, 0) is 37.1 Å². The van der Waals surface area contributed by atoms with Gasteiger partial charge in [-0.3, -0.25) is 4.79 Å². The fourth-order valence-corrected chi connectivity index (χ4v) is 3.28. The third kappa shape index (κ3) is 5.57. The topological polar surface area (TPSA) is 50.2 Å². The van der Waals surface area contributed by atoms with E-state index in [0.29, 0.717) is 12.8 Å². The zero-order chi connectivity index (χ0) is 14.5. The van der Waals surface area contributed by atoms with Crippen molar-refractivity contribution in [3.8, 4) is 0 Å². The standard InChI is InChI=1S/C15H16BrNO2S.Na.H/c1-2-10(15(18)19)7-8-20-14-6-3-11-9-12(16)4-5-13(11)17-14;;/h3-6,9-10H,2,7-8H2,1H3,(H,18,19);;. The molecule has 0 fully saturated rings. The van der Waals surface area contributed by atoms with Crippen LogP contribution in [0, 0.1) is 5.92 Å². The van der Waals surface area contributed by atoms with Gasteiger partial charge < -0.3 is 5.11 Å². The number of carboxylic acids is 1.